The van der Waals surface area contributed by atoms with Gasteiger partial charge in [0.2, 0.25) is 0 Å². The molecule has 0 heterocycles. The Hall–Kier alpha value is -2.61. The fraction of sp³-hybridized carbons (Fsp3) is 0.647. The Kier molecular flexibility index (Phi) is 7.52. The molecule has 0 radical (unpaired) electrons. The van der Waals surface area contributed by atoms with Crippen molar-refractivity contribution in [2.24, 2.45) is 28.1 Å². The van der Waals surface area contributed by atoms with Gasteiger partial charge in [-0.3, -0.25) is 19.2 Å². The van der Waals surface area contributed by atoms with Crippen LogP contribution in [0.3, 0.4) is 0 Å². The molecule has 0 amide bonds. The first-order valence-electron chi connectivity index (χ1n) is 15.1. The number of hydrogen-bond donors (Lipinski definition) is 1. The minimum atomic E-state index is -0.715. The van der Waals surface area contributed by atoms with Crippen molar-refractivity contribution < 1.29 is 33.8 Å². The Morgan fingerprint density at radius 1 is 0.905 bits per heavy atom. The van der Waals surface area contributed by atoms with Crippen LogP contribution < -0.4 is 9.47 Å². The van der Waals surface area contributed by atoms with Crippen LogP contribution >= 0.6 is 11.8 Å². The number of benzene rings is 1. The second-order valence-corrected chi connectivity index (χ2v) is 15.6. The average Bonchev–Trinajstić information content (AvgIpc) is 2.87. The van der Waals surface area contributed by atoms with Crippen LogP contribution in [0.15, 0.2) is 17.7 Å². The van der Waals surface area contributed by atoms with E-state index in [1.165, 1.54) is 31.2 Å². The summed E-state index contributed by atoms with van der Waals surface area (Å²) in [5.41, 5.74) is 2.78. The zero-order chi connectivity index (χ0) is 31.0. The van der Waals surface area contributed by atoms with Gasteiger partial charge in [0.25, 0.3) is 0 Å². The van der Waals surface area contributed by atoms with Gasteiger partial charge in [-0.15, -0.1) is 0 Å². The van der Waals surface area contributed by atoms with E-state index in [0.717, 1.165) is 43.2 Å². The highest BCUT2D eigenvalue weighted by Gasteiger charge is 2.62. The number of carboxylic acid groups (broad SMARTS) is 1. The maximum atomic E-state index is 12.6. The number of allylic oxidation sites excluding steroid dienone is 1. The van der Waals surface area contributed by atoms with Gasteiger partial charge in [0.05, 0.1) is 10.7 Å². The third kappa shape index (κ3) is 4.72. The first kappa shape index (κ1) is 30.8. The SMILES string of the molecule is CC(=O)Oc1cc2c(c(C)c1OC(C)=O)C(SC(C)=O)C=C1C2(C)CCC2C3C[C@](C)(C(=O)O)CCC3(C)CCC12C. The van der Waals surface area contributed by atoms with Gasteiger partial charge in [0, 0.05) is 31.7 Å². The third-order valence-corrected chi connectivity index (χ3v) is 12.5. The molecule has 3 fully saturated rings. The van der Waals surface area contributed by atoms with Gasteiger partial charge in [-0.1, -0.05) is 44.2 Å². The molecule has 7 atom stereocenters. The molecule has 1 aromatic carbocycles. The van der Waals surface area contributed by atoms with Crippen molar-refractivity contribution in [3.8, 4) is 11.5 Å². The molecule has 0 saturated heterocycles. The van der Waals surface area contributed by atoms with E-state index in [1.54, 1.807) is 6.92 Å². The molecule has 3 saturated carbocycles. The minimum Gasteiger partial charge on any atom is -0.481 e. The van der Waals surface area contributed by atoms with Gasteiger partial charge >= 0.3 is 17.9 Å². The number of carboxylic acids is 1. The van der Waals surface area contributed by atoms with Gasteiger partial charge in [-0.25, -0.2) is 0 Å². The Morgan fingerprint density at radius 2 is 1.55 bits per heavy atom. The van der Waals surface area contributed by atoms with Gasteiger partial charge in [0.1, 0.15) is 0 Å². The standard InChI is InChI=1S/C34H44O7S/c1-18-28-23(15-25(40-19(2)35)29(18)41-20(3)36)33(7)10-9-22-24-17-32(6,30(38)39)12-11-31(24,5)13-14-34(22,8)27(33)16-26(28)42-21(4)37/h15-16,22,24,26H,9-14,17H2,1-8H3,(H,38,39)/t22?,24?,26?,31?,32-,33?,34?/m1/s1. The molecular formula is C34H44O7S. The summed E-state index contributed by atoms with van der Waals surface area (Å²) in [4.78, 5) is 49.2. The van der Waals surface area contributed by atoms with Gasteiger partial charge < -0.3 is 14.6 Å². The van der Waals surface area contributed by atoms with Crippen LogP contribution in [-0.4, -0.2) is 28.1 Å². The van der Waals surface area contributed by atoms with E-state index in [2.05, 4.69) is 26.8 Å². The molecule has 42 heavy (non-hydrogen) atoms. The Labute approximate surface area is 253 Å². The van der Waals surface area contributed by atoms with Crippen molar-refractivity contribution >= 4 is 34.8 Å². The largest absolute Gasteiger partial charge is 0.481 e. The molecule has 1 aromatic rings. The van der Waals surface area contributed by atoms with E-state index in [-0.39, 0.29) is 38.1 Å². The number of ether oxygens (including phenoxy) is 2. The highest BCUT2D eigenvalue weighted by atomic mass is 32.2. The predicted octanol–water partition coefficient (Wildman–Crippen LogP) is 7.47. The smallest absolute Gasteiger partial charge is 0.309 e. The first-order chi connectivity index (χ1) is 19.4. The lowest BCUT2D eigenvalue weighted by atomic mass is 9.40. The van der Waals surface area contributed by atoms with Crippen molar-refractivity contribution in [2.45, 2.75) is 111 Å². The number of hydrogen-bond acceptors (Lipinski definition) is 7. The summed E-state index contributed by atoms with van der Waals surface area (Å²) in [6.45, 7) is 15.0. The molecule has 0 aliphatic heterocycles. The Bertz CT molecular complexity index is 1410. The zero-order valence-corrected chi connectivity index (χ0v) is 27.0. The fourth-order valence-corrected chi connectivity index (χ4v) is 10.2. The van der Waals surface area contributed by atoms with E-state index in [9.17, 15) is 24.3 Å². The molecule has 6 unspecified atom stereocenters. The van der Waals surface area contributed by atoms with E-state index < -0.39 is 23.3 Å². The van der Waals surface area contributed by atoms with Crippen LogP contribution in [0.5, 0.6) is 11.5 Å². The molecule has 4 aliphatic carbocycles. The van der Waals surface area contributed by atoms with Crippen LogP contribution in [0.2, 0.25) is 0 Å². The topological polar surface area (TPSA) is 107 Å². The number of fused-ring (bicyclic) bond motifs is 7. The Balaban J connectivity index is 1.68. The molecule has 0 spiro atoms. The zero-order valence-electron chi connectivity index (χ0n) is 26.1. The third-order valence-electron chi connectivity index (χ3n) is 11.5. The van der Waals surface area contributed by atoms with Crippen molar-refractivity contribution in [1.29, 1.82) is 0 Å². The van der Waals surface area contributed by atoms with Crippen molar-refractivity contribution in [2.75, 3.05) is 0 Å². The normalized spacial score (nSPS) is 36.8. The molecule has 4 aliphatic rings. The maximum Gasteiger partial charge on any atom is 0.309 e. The van der Waals surface area contributed by atoms with E-state index >= 15 is 0 Å². The van der Waals surface area contributed by atoms with E-state index in [0.29, 0.717) is 30.2 Å². The number of carbonyl (C=O) groups is 4. The molecule has 7 nitrogen and oxygen atoms in total. The lowest BCUT2D eigenvalue weighted by Crippen LogP contribution is -2.57. The lowest BCUT2D eigenvalue weighted by Gasteiger charge is -2.65. The first-order valence-corrected chi connectivity index (χ1v) is 16.0. The monoisotopic (exact) mass is 596 g/mol. The molecule has 5 rings (SSSR count). The van der Waals surface area contributed by atoms with Gasteiger partial charge in [0.15, 0.2) is 16.6 Å². The summed E-state index contributed by atoms with van der Waals surface area (Å²) < 4.78 is 11.2. The molecular weight excluding hydrogens is 552 g/mol. The second kappa shape index (κ2) is 10.2. The maximum absolute atomic E-state index is 12.6. The summed E-state index contributed by atoms with van der Waals surface area (Å²) in [5, 5.41) is 9.86. The predicted molar refractivity (Wildman–Crippen MR) is 162 cm³/mol. The number of carbonyl (C=O) groups excluding carboxylic acids is 3. The molecule has 228 valence electrons. The number of rotatable bonds is 4. The van der Waals surface area contributed by atoms with Crippen LogP contribution in [0, 0.1) is 35.0 Å². The summed E-state index contributed by atoms with van der Waals surface area (Å²) in [7, 11) is 0. The molecule has 0 aromatic heterocycles. The molecule has 1 N–H and O–H groups in total. The molecule has 8 heteroatoms. The quantitative estimate of drug-likeness (QED) is 0.217. The van der Waals surface area contributed by atoms with Crippen molar-refractivity contribution in [3.63, 3.8) is 0 Å². The van der Waals surface area contributed by atoms with Crippen molar-refractivity contribution in [1.82, 2.24) is 0 Å². The fourth-order valence-electron chi connectivity index (χ4n) is 9.22. The number of esters is 2. The summed E-state index contributed by atoms with van der Waals surface area (Å²) in [5.74, 6) is -0.659. The van der Waals surface area contributed by atoms with Crippen LogP contribution in [0.1, 0.15) is 115 Å². The lowest BCUT2D eigenvalue weighted by molar-refractivity contribution is -0.160. The highest BCUT2D eigenvalue weighted by molar-refractivity contribution is 8.13. The number of thioether (sulfide) groups is 1. The summed E-state index contributed by atoms with van der Waals surface area (Å²) in [6, 6.07) is 1.86. The van der Waals surface area contributed by atoms with E-state index in [4.69, 9.17) is 9.47 Å². The highest BCUT2D eigenvalue weighted by Crippen LogP contribution is 2.70. The number of aliphatic carboxylic acids is 1. The average molecular weight is 597 g/mol. The van der Waals surface area contributed by atoms with Crippen molar-refractivity contribution in [3.05, 3.63) is 34.4 Å². The summed E-state index contributed by atoms with van der Waals surface area (Å²) >= 11 is 1.26. The minimum absolute atomic E-state index is 0.0119. The Morgan fingerprint density at radius 3 is 2.14 bits per heavy atom. The van der Waals surface area contributed by atoms with Gasteiger partial charge in [-0.2, -0.15) is 0 Å². The molecule has 0 bridgehead atoms. The van der Waals surface area contributed by atoms with Gasteiger partial charge in [-0.05, 0) is 98.7 Å². The second-order valence-electron chi connectivity index (χ2n) is 14.3. The summed E-state index contributed by atoms with van der Waals surface area (Å²) in [6.07, 6.45) is 8.47. The van der Waals surface area contributed by atoms with Crippen LogP contribution in [-0.2, 0) is 24.6 Å². The van der Waals surface area contributed by atoms with E-state index in [1.807, 2.05) is 19.9 Å². The van der Waals surface area contributed by atoms with Crippen LogP contribution in [0.25, 0.3) is 0 Å². The van der Waals surface area contributed by atoms with Crippen LogP contribution in [0.4, 0.5) is 0 Å².